The number of rotatable bonds is 17. The van der Waals surface area contributed by atoms with E-state index in [1.54, 1.807) is 46.8 Å². The molecule has 2 aliphatic heterocycles. The minimum atomic E-state index is -1.71. The number of esters is 4. The number of nitro benzene ring substituents is 4. The molecule has 2 N–H and O–H groups in total. The molecule has 31 heteroatoms. The molecule has 0 aliphatic carbocycles. The van der Waals surface area contributed by atoms with E-state index in [-0.39, 0.29) is 120 Å². The summed E-state index contributed by atoms with van der Waals surface area (Å²) in [6.07, 6.45) is 2.56. The van der Waals surface area contributed by atoms with Crippen molar-refractivity contribution in [3.63, 3.8) is 0 Å². The summed E-state index contributed by atoms with van der Waals surface area (Å²) >= 11 is 12.6. The molecule has 6 rings (SSSR count). The van der Waals surface area contributed by atoms with E-state index >= 15 is 0 Å². The first-order valence-corrected chi connectivity index (χ1v) is 27.6. The smallest absolute Gasteiger partial charge is 1.00 e. The maximum absolute atomic E-state index is 12.5. The summed E-state index contributed by atoms with van der Waals surface area (Å²) in [7, 11) is 0. The summed E-state index contributed by atoms with van der Waals surface area (Å²) in [5.74, 6) is -3.93. The van der Waals surface area contributed by atoms with E-state index in [0.29, 0.717) is 23.2 Å². The molecule has 0 atom stereocenters. The molecule has 2 aliphatic rings. The fraction of sp³-hybridized carbons (Fsp3) is 0.462. The molecule has 2 heterocycles. The van der Waals surface area contributed by atoms with Gasteiger partial charge in [-0.2, -0.15) is 0 Å². The average molecular weight is 1440 g/mol. The van der Waals surface area contributed by atoms with Crippen molar-refractivity contribution in [3.8, 4) is 0 Å². The first-order chi connectivity index (χ1) is 38.0. The zero-order valence-corrected chi connectivity index (χ0v) is 52.8. The van der Waals surface area contributed by atoms with Gasteiger partial charge in [0.2, 0.25) is 0 Å². The van der Waals surface area contributed by atoms with Crippen LogP contribution in [0.2, 0.25) is 0 Å². The Morgan fingerprint density at radius 3 is 1.25 bits per heavy atom. The number of aliphatic hydroxyl groups is 2. The second kappa shape index (κ2) is 39.7. The Morgan fingerprint density at radius 2 is 0.964 bits per heavy atom. The number of aliphatic hydroxyl groups excluding tert-OH is 2. The van der Waals surface area contributed by atoms with Gasteiger partial charge >= 0.3 is 42.7 Å². The van der Waals surface area contributed by atoms with Crippen molar-refractivity contribution in [2.75, 3.05) is 66.1 Å². The number of halogens is 5. The first kappa shape index (κ1) is 80.2. The Bertz CT molecular complexity index is 2780. The summed E-state index contributed by atoms with van der Waals surface area (Å²) in [4.78, 5) is 86.4. The monoisotopic (exact) mass is 1440 g/mol. The van der Waals surface area contributed by atoms with Gasteiger partial charge in [0.15, 0.2) is 28.7 Å². The largest absolute Gasteiger partial charge is 1.00 e. The summed E-state index contributed by atoms with van der Waals surface area (Å²) in [5, 5.41) is 60.5. The SMILES string of the molecule is C1CCOC1.CC(CO)(CO)c1ccc([N+](=O)[O-])cc1Br.CC1(c2ccc([N+](=O)[O-])cc2Br)COC1.CCOC(=O)C(C)(C(=O)OCC)c1ccc([N+](=O)[O-])cc1Br.CCOC(=O)C(C)C(=O)OCC.O=[N+]([O-])c1ccc(F)c(Br)c1.[AlH3].[H-].[Li+]. The Labute approximate surface area is 536 Å². The molecule has 4 aromatic carbocycles. The molecular formula is C52H67AlBr4FLiN4O20. The zero-order chi connectivity index (χ0) is 61.8. The second-order valence-electron chi connectivity index (χ2n) is 17.7. The maximum Gasteiger partial charge on any atom is 1.00 e. The number of benzene rings is 4. The van der Waals surface area contributed by atoms with Gasteiger partial charge in [0.05, 0.1) is 77.0 Å². The fourth-order valence-corrected chi connectivity index (χ4v) is 9.44. The van der Waals surface area contributed by atoms with E-state index in [1.807, 2.05) is 0 Å². The Hall–Kier alpha value is -4.82. The van der Waals surface area contributed by atoms with Crippen LogP contribution in [-0.4, -0.2) is 137 Å². The molecule has 454 valence electrons. The molecule has 0 saturated carbocycles. The molecular weight excluding hydrogens is 1370 g/mol. The zero-order valence-electron chi connectivity index (χ0n) is 47.4. The molecule has 4 aromatic rings. The fourth-order valence-electron chi connectivity index (χ4n) is 6.62. The average Bonchev–Trinajstić information content (AvgIpc) is 4.17. The minimum absolute atomic E-state index is 0. The van der Waals surface area contributed by atoms with Crippen LogP contribution < -0.4 is 18.9 Å². The van der Waals surface area contributed by atoms with Gasteiger partial charge in [-0.1, -0.05) is 73.8 Å². The van der Waals surface area contributed by atoms with Gasteiger partial charge in [0, 0.05) is 86.0 Å². The number of nitro groups is 4. The number of hydrogen-bond acceptors (Lipinski definition) is 20. The Balaban J connectivity index is -0.000000963. The van der Waals surface area contributed by atoms with E-state index in [9.17, 15) is 74.2 Å². The number of ether oxygens (including phenoxy) is 6. The Kier molecular flexibility index (Phi) is 38.4. The van der Waals surface area contributed by atoms with Gasteiger partial charge in [0.25, 0.3) is 22.7 Å². The third-order valence-corrected chi connectivity index (χ3v) is 14.0. The van der Waals surface area contributed by atoms with Crippen LogP contribution in [0.4, 0.5) is 27.1 Å². The van der Waals surface area contributed by atoms with Crippen LogP contribution in [0, 0.1) is 52.2 Å². The molecule has 0 radical (unpaired) electrons. The third-order valence-electron chi connectivity index (χ3n) is 11.5. The molecule has 2 fully saturated rings. The van der Waals surface area contributed by atoms with Crippen molar-refractivity contribution in [2.45, 2.75) is 84.5 Å². The van der Waals surface area contributed by atoms with E-state index < -0.39 is 66.1 Å². The molecule has 0 spiro atoms. The maximum atomic E-state index is 12.5. The summed E-state index contributed by atoms with van der Waals surface area (Å²) in [6.45, 7) is 16.8. The third kappa shape index (κ3) is 25.0. The van der Waals surface area contributed by atoms with Gasteiger partial charge in [-0.15, -0.1) is 0 Å². The van der Waals surface area contributed by atoms with E-state index in [1.165, 1.54) is 69.2 Å². The van der Waals surface area contributed by atoms with Crippen molar-refractivity contribution in [3.05, 3.63) is 154 Å². The molecule has 0 aromatic heterocycles. The van der Waals surface area contributed by atoms with E-state index in [4.69, 9.17) is 18.9 Å². The first-order valence-electron chi connectivity index (χ1n) is 24.5. The molecule has 83 heavy (non-hydrogen) atoms. The van der Waals surface area contributed by atoms with Gasteiger partial charge < -0.3 is 40.1 Å². The van der Waals surface area contributed by atoms with Crippen LogP contribution in [0.5, 0.6) is 0 Å². The molecule has 0 unspecified atom stereocenters. The van der Waals surface area contributed by atoms with Gasteiger partial charge in [-0.05, 0) is 99.1 Å². The van der Waals surface area contributed by atoms with Gasteiger partial charge in [-0.25, -0.2) is 4.39 Å². The van der Waals surface area contributed by atoms with Crippen LogP contribution in [0.25, 0.3) is 0 Å². The number of carbonyl (C=O) groups excluding carboxylic acids is 4. The van der Waals surface area contributed by atoms with Crippen molar-refractivity contribution in [2.24, 2.45) is 5.92 Å². The predicted octanol–water partition coefficient (Wildman–Crippen LogP) is 6.96. The molecule has 0 amide bonds. The topological polar surface area (TPSA) is 337 Å². The van der Waals surface area contributed by atoms with Crippen molar-refractivity contribution >= 4 is 128 Å². The van der Waals surface area contributed by atoms with E-state index in [0.717, 1.165) is 41.4 Å². The van der Waals surface area contributed by atoms with Crippen LogP contribution in [0.1, 0.15) is 86.3 Å². The van der Waals surface area contributed by atoms with Gasteiger partial charge in [0.1, 0.15) is 5.82 Å². The number of non-ortho nitro benzene ring substituents is 4. The summed E-state index contributed by atoms with van der Waals surface area (Å²) < 4.78 is 43.4. The van der Waals surface area contributed by atoms with Crippen molar-refractivity contribution in [1.29, 1.82) is 0 Å². The quantitative estimate of drug-likeness (QED) is 0.0269. The number of hydrogen-bond donors (Lipinski definition) is 2. The number of nitrogens with zero attached hydrogens (tertiary/aromatic N) is 4. The normalized spacial score (nSPS) is 12.5. The van der Waals surface area contributed by atoms with Crippen molar-refractivity contribution in [1.82, 2.24) is 0 Å². The number of carbonyl (C=O) groups is 4. The van der Waals surface area contributed by atoms with Crippen LogP contribution in [0.15, 0.2) is 90.7 Å². The van der Waals surface area contributed by atoms with Crippen molar-refractivity contribution < 1.29 is 102 Å². The van der Waals surface area contributed by atoms with Crippen LogP contribution >= 0.6 is 63.7 Å². The molecule has 24 nitrogen and oxygen atoms in total. The van der Waals surface area contributed by atoms with E-state index in [2.05, 4.69) is 80.1 Å². The second-order valence-corrected chi connectivity index (χ2v) is 21.1. The summed E-state index contributed by atoms with van der Waals surface area (Å²) in [6, 6.07) is 16.2. The summed E-state index contributed by atoms with van der Waals surface area (Å²) in [5.41, 5.74) is -0.785. The van der Waals surface area contributed by atoms with Crippen LogP contribution in [0.3, 0.4) is 0 Å². The molecule has 2 saturated heterocycles. The predicted molar refractivity (Wildman–Crippen MR) is 317 cm³/mol. The standard InChI is InChI=1S/C14H16BrNO6.C10H12BrNO4.C10H10BrNO3.C8H14O4.C6H3BrFNO2.C4H8O.Al.Li.4H/c1-4-21-12(17)14(3,13(18)22-5-2)10-7-6-9(16(19)20)8-11(10)15;1-10(5-13,6-14)8-3-2-7(12(15)16)4-9(8)11;1-10(5-15-6-10)8-3-2-7(12(13)14)4-9(8)11;1-4-11-7(9)6(3)8(10)12-5-2;7-5-3-4(9(10)11)1-2-6(5)8;1-2-4-5-3-1;;;;;;/h6-8H,4-5H2,1-3H3;2-4,13-14H,5-6H2,1H3;2-4H,5-6H2,1H3;6H,4-5H2,1-3H3;1-3H;1-4H2;;;;;;/q;;;;;;;+1;;;;-1. The molecule has 0 bridgehead atoms. The minimum Gasteiger partial charge on any atom is -1.00 e. The Morgan fingerprint density at radius 1 is 0.614 bits per heavy atom. The van der Waals surface area contributed by atoms with Crippen LogP contribution in [-0.2, 0) is 63.8 Å². The van der Waals surface area contributed by atoms with Gasteiger partial charge in [-0.3, -0.25) is 59.6 Å².